The maximum absolute atomic E-state index is 14.9. The van der Waals surface area contributed by atoms with Gasteiger partial charge in [0.1, 0.15) is 11.4 Å². The Morgan fingerprint density at radius 3 is 2.58 bits per heavy atom. The van der Waals surface area contributed by atoms with Crippen LogP contribution in [-0.4, -0.2) is 85.0 Å². The highest BCUT2D eigenvalue weighted by Crippen LogP contribution is 2.40. The number of anilines is 4. The number of aromatic nitrogens is 2. The number of rotatable bonds is 6. The number of alkyl halides is 2. The first-order valence-electron chi connectivity index (χ1n) is 14.0. The Balaban J connectivity index is 1.24. The van der Waals surface area contributed by atoms with Crippen LogP contribution in [0.15, 0.2) is 24.4 Å². The van der Waals surface area contributed by atoms with Gasteiger partial charge in [-0.3, -0.25) is 9.59 Å². The lowest BCUT2D eigenvalue weighted by atomic mass is 9.84. The number of hydrogen-bond donors (Lipinski definition) is 2. The smallest absolute Gasteiger partial charge is 0.342 e. The van der Waals surface area contributed by atoms with Crippen LogP contribution in [0.5, 0.6) is 5.75 Å². The van der Waals surface area contributed by atoms with Crippen molar-refractivity contribution in [2.75, 3.05) is 55.5 Å². The fourth-order valence-corrected chi connectivity index (χ4v) is 6.54. The second-order valence-electron chi connectivity index (χ2n) is 11.3. The summed E-state index contributed by atoms with van der Waals surface area (Å²) in [6, 6.07) is 5.11. The number of carbonyl (C=O) groups is 2. The van der Waals surface area contributed by atoms with Crippen molar-refractivity contribution >= 4 is 35.0 Å². The third-order valence-corrected chi connectivity index (χ3v) is 8.82. The van der Waals surface area contributed by atoms with E-state index in [-0.39, 0.29) is 29.6 Å². The third kappa shape index (κ3) is 4.93. The molecular formula is C28H35F2N7O3. The van der Waals surface area contributed by atoms with Gasteiger partial charge < -0.3 is 30.1 Å². The van der Waals surface area contributed by atoms with Gasteiger partial charge in [-0.2, -0.15) is 13.8 Å². The zero-order chi connectivity index (χ0) is 28.0. The van der Waals surface area contributed by atoms with Crippen molar-refractivity contribution in [1.29, 1.82) is 0 Å². The Labute approximate surface area is 232 Å². The highest BCUT2D eigenvalue weighted by molar-refractivity contribution is 6.02. The van der Waals surface area contributed by atoms with E-state index in [0.717, 1.165) is 63.1 Å². The average molecular weight is 556 g/mol. The van der Waals surface area contributed by atoms with Crippen molar-refractivity contribution in [3.05, 3.63) is 30.0 Å². The first kappa shape index (κ1) is 26.7. The molecular weight excluding hydrogens is 520 g/mol. The number of fused-ring (bicyclic) bond motifs is 4. The summed E-state index contributed by atoms with van der Waals surface area (Å²) in [5.41, 5.74) is 1.25. The predicted octanol–water partition coefficient (Wildman–Crippen LogP) is 3.41. The fourth-order valence-electron chi connectivity index (χ4n) is 6.54. The van der Waals surface area contributed by atoms with Crippen LogP contribution in [0.1, 0.15) is 48.9 Å². The van der Waals surface area contributed by atoms with E-state index in [9.17, 15) is 18.4 Å². The lowest BCUT2D eigenvalue weighted by Crippen LogP contribution is -2.57. The third-order valence-electron chi connectivity index (χ3n) is 8.82. The highest BCUT2D eigenvalue weighted by atomic mass is 19.3. The lowest BCUT2D eigenvalue weighted by Gasteiger charge is -2.44. The van der Waals surface area contributed by atoms with E-state index in [4.69, 9.17) is 4.74 Å². The number of nitrogens with one attached hydrogen (secondary N) is 2. The van der Waals surface area contributed by atoms with Gasteiger partial charge in [0, 0.05) is 31.2 Å². The molecule has 2 N–H and O–H groups in total. The molecule has 1 saturated carbocycles. The van der Waals surface area contributed by atoms with Gasteiger partial charge in [-0.1, -0.05) is 12.8 Å². The number of ether oxygens (including phenoxy) is 1. The van der Waals surface area contributed by atoms with E-state index < -0.39 is 18.4 Å². The topological polar surface area (TPSA) is 103 Å². The maximum Gasteiger partial charge on any atom is 0.342 e. The Morgan fingerprint density at radius 2 is 1.90 bits per heavy atom. The number of nitrogens with zero attached hydrogens (tertiary/aromatic N) is 5. The molecule has 12 heteroatoms. The van der Waals surface area contributed by atoms with Crippen LogP contribution in [0, 0.1) is 5.92 Å². The lowest BCUT2D eigenvalue weighted by molar-refractivity contribution is -0.140. The van der Waals surface area contributed by atoms with E-state index in [1.165, 1.54) is 20.4 Å². The minimum atomic E-state index is -3.54. The van der Waals surface area contributed by atoms with Crippen molar-refractivity contribution in [2.24, 2.45) is 5.92 Å². The minimum absolute atomic E-state index is 0.129. The summed E-state index contributed by atoms with van der Waals surface area (Å²) in [4.78, 5) is 39.4. The maximum atomic E-state index is 14.9. The van der Waals surface area contributed by atoms with Gasteiger partial charge in [0.15, 0.2) is 5.82 Å². The largest absolute Gasteiger partial charge is 0.495 e. The molecule has 3 saturated heterocycles. The highest BCUT2D eigenvalue weighted by Gasteiger charge is 2.48. The molecule has 2 aromatic rings. The quantitative estimate of drug-likeness (QED) is 0.559. The zero-order valence-electron chi connectivity index (χ0n) is 22.8. The minimum Gasteiger partial charge on any atom is -0.495 e. The number of halogens is 2. The molecule has 2 bridgehead atoms. The molecule has 214 valence electrons. The van der Waals surface area contributed by atoms with Crippen LogP contribution in [0.25, 0.3) is 0 Å². The molecule has 1 atom stereocenters. The number of methoxy groups -OCH3 is 1. The summed E-state index contributed by atoms with van der Waals surface area (Å²) in [5, 5.41) is 6.31. The zero-order valence-corrected chi connectivity index (χ0v) is 22.8. The number of hydrogen-bond acceptors (Lipinski definition) is 8. The number of carbonyl (C=O) groups excluding carboxylic acids is 2. The van der Waals surface area contributed by atoms with Gasteiger partial charge in [-0.15, -0.1) is 0 Å². The Hall–Kier alpha value is -3.54. The van der Waals surface area contributed by atoms with Crippen molar-refractivity contribution in [2.45, 2.75) is 56.5 Å². The Kier molecular flexibility index (Phi) is 6.97. The average Bonchev–Trinajstić information content (AvgIpc) is 3.49. The van der Waals surface area contributed by atoms with Crippen molar-refractivity contribution in [1.82, 2.24) is 20.2 Å². The van der Waals surface area contributed by atoms with E-state index in [1.807, 2.05) is 0 Å². The van der Waals surface area contributed by atoms with Crippen molar-refractivity contribution in [3.8, 4) is 5.75 Å². The molecule has 2 amide bonds. The molecule has 1 aromatic heterocycles. The van der Waals surface area contributed by atoms with Crippen LogP contribution in [0.3, 0.4) is 0 Å². The van der Waals surface area contributed by atoms with Crippen LogP contribution >= 0.6 is 0 Å². The SMILES string of the molecule is COc1cc(C(=O)NC2CN3CCC2CC3)ccc1Nc1ncc2c(n1)N(C1CCCC1)CC(F)(F)C(=O)N2C. The molecule has 40 heavy (non-hydrogen) atoms. The first-order chi connectivity index (χ1) is 19.2. The molecule has 5 aliphatic rings. The van der Waals surface area contributed by atoms with Gasteiger partial charge in [0.05, 0.1) is 25.5 Å². The molecule has 4 aliphatic heterocycles. The Morgan fingerprint density at radius 1 is 1.15 bits per heavy atom. The number of amides is 2. The predicted molar refractivity (Wildman–Crippen MR) is 147 cm³/mol. The molecule has 5 heterocycles. The summed E-state index contributed by atoms with van der Waals surface area (Å²) >= 11 is 0. The summed E-state index contributed by atoms with van der Waals surface area (Å²) < 4.78 is 35.3. The normalized spacial score (nSPS) is 25.9. The summed E-state index contributed by atoms with van der Waals surface area (Å²) in [5.74, 6) is -3.55. The number of piperidine rings is 3. The molecule has 1 aliphatic carbocycles. The van der Waals surface area contributed by atoms with E-state index in [0.29, 0.717) is 28.7 Å². The van der Waals surface area contributed by atoms with Crippen LogP contribution in [0.2, 0.25) is 0 Å². The molecule has 10 nitrogen and oxygen atoms in total. The molecule has 4 fully saturated rings. The van der Waals surface area contributed by atoms with Crippen LogP contribution < -0.4 is 25.2 Å². The molecule has 1 aromatic carbocycles. The summed E-state index contributed by atoms with van der Waals surface area (Å²) in [6.07, 6.45) is 7.02. The van der Waals surface area contributed by atoms with Gasteiger partial charge >= 0.3 is 5.92 Å². The van der Waals surface area contributed by atoms with Crippen LogP contribution in [0.4, 0.5) is 31.9 Å². The van der Waals surface area contributed by atoms with Crippen molar-refractivity contribution in [3.63, 3.8) is 0 Å². The van der Waals surface area contributed by atoms with Gasteiger partial charge in [-0.25, -0.2) is 4.98 Å². The monoisotopic (exact) mass is 555 g/mol. The standard InChI is InChI=1S/C28H35F2N7O3/c1-35-22-14-31-27(34-24(22)37(19-5-3-4-6-19)16-28(29,30)26(35)39)33-20-8-7-18(13-23(20)40-2)25(38)32-21-15-36-11-9-17(21)10-12-36/h7-8,13-14,17,19,21H,3-6,9-12,15-16H2,1-2H3,(H,32,38)(H,31,33,34). The van der Waals surface area contributed by atoms with Crippen LogP contribution in [-0.2, 0) is 4.79 Å². The van der Waals surface area contributed by atoms with Gasteiger partial charge in [0.2, 0.25) is 5.95 Å². The van der Waals surface area contributed by atoms with E-state index in [2.05, 4.69) is 25.5 Å². The summed E-state index contributed by atoms with van der Waals surface area (Å²) in [6.45, 7) is 2.36. The molecule has 0 spiro atoms. The molecule has 0 radical (unpaired) electrons. The van der Waals surface area contributed by atoms with Crippen molar-refractivity contribution < 1.29 is 23.1 Å². The first-order valence-corrected chi connectivity index (χ1v) is 14.0. The molecule has 7 rings (SSSR count). The van der Waals surface area contributed by atoms with Gasteiger partial charge in [-0.05, 0) is 62.9 Å². The van der Waals surface area contributed by atoms with E-state index in [1.54, 1.807) is 23.1 Å². The van der Waals surface area contributed by atoms with Gasteiger partial charge in [0.25, 0.3) is 11.8 Å². The fraction of sp³-hybridized carbons (Fsp3) is 0.571. The van der Waals surface area contributed by atoms with E-state index >= 15 is 0 Å². The summed E-state index contributed by atoms with van der Waals surface area (Å²) in [7, 11) is 2.84. The molecule has 1 unspecified atom stereocenters. The second-order valence-corrected chi connectivity index (χ2v) is 11.3. The number of benzene rings is 1. The second kappa shape index (κ2) is 10.5. The Bertz CT molecular complexity index is 1290.